The fraction of sp³-hybridized carbons (Fsp3) is 0.833. The Labute approximate surface area is 118 Å². The molecule has 0 radical (unpaired) electrons. The van der Waals surface area contributed by atoms with E-state index in [-0.39, 0.29) is 12.8 Å². The van der Waals surface area contributed by atoms with Crippen molar-refractivity contribution in [2.75, 3.05) is 0 Å². The molecule has 6 N–H and O–H groups in total. The Morgan fingerprint density at radius 1 is 0.900 bits per heavy atom. The van der Waals surface area contributed by atoms with E-state index in [2.05, 4.69) is 0 Å². The van der Waals surface area contributed by atoms with Crippen molar-refractivity contribution in [3.05, 3.63) is 0 Å². The van der Waals surface area contributed by atoms with Crippen LogP contribution in [0, 0.1) is 0 Å². The normalized spacial score (nSPS) is 9.40. The highest BCUT2D eigenvalue weighted by atomic mass is 16.5. The average molecular weight is 298 g/mol. The predicted octanol–water partition coefficient (Wildman–Crippen LogP) is 0.130. The molecule has 0 unspecified atom stereocenters. The zero-order chi connectivity index (χ0) is 16.6. The van der Waals surface area contributed by atoms with Crippen LogP contribution in [-0.2, 0) is 9.59 Å². The SMILES string of the molecule is CC(O)O.CCCC(O)O.O=C(O)CCCCC(=O)O. The Morgan fingerprint density at radius 3 is 1.30 bits per heavy atom. The van der Waals surface area contributed by atoms with Crippen molar-refractivity contribution < 1.29 is 40.2 Å². The van der Waals surface area contributed by atoms with Crippen molar-refractivity contribution in [3.63, 3.8) is 0 Å². The van der Waals surface area contributed by atoms with Crippen LogP contribution >= 0.6 is 0 Å². The lowest BCUT2D eigenvalue weighted by Crippen LogP contribution is -2.01. The zero-order valence-corrected chi connectivity index (χ0v) is 11.9. The van der Waals surface area contributed by atoms with Gasteiger partial charge in [0.25, 0.3) is 0 Å². The van der Waals surface area contributed by atoms with E-state index in [1.165, 1.54) is 6.92 Å². The highest BCUT2D eigenvalue weighted by Gasteiger charge is 1.99. The monoisotopic (exact) mass is 298 g/mol. The second kappa shape index (κ2) is 17.8. The van der Waals surface area contributed by atoms with Crippen LogP contribution in [-0.4, -0.2) is 55.2 Å². The quantitative estimate of drug-likeness (QED) is 0.286. The van der Waals surface area contributed by atoms with Crippen molar-refractivity contribution >= 4 is 11.9 Å². The van der Waals surface area contributed by atoms with Crippen LogP contribution in [0.4, 0.5) is 0 Å². The molecule has 8 nitrogen and oxygen atoms in total. The molecule has 0 aromatic carbocycles. The summed E-state index contributed by atoms with van der Waals surface area (Å²) in [5.41, 5.74) is 0. The van der Waals surface area contributed by atoms with E-state index < -0.39 is 24.5 Å². The number of aliphatic carboxylic acids is 2. The summed E-state index contributed by atoms with van der Waals surface area (Å²) in [7, 11) is 0. The molecule has 122 valence electrons. The molecule has 0 fully saturated rings. The summed E-state index contributed by atoms with van der Waals surface area (Å²) in [6, 6.07) is 0. The van der Waals surface area contributed by atoms with Gasteiger partial charge < -0.3 is 30.6 Å². The van der Waals surface area contributed by atoms with E-state index in [0.29, 0.717) is 19.3 Å². The molecule has 0 aliphatic carbocycles. The summed E-state index contributed by atoms with van der Waals surface area (Å²) < 4.78 is 0. The summed E-state index contributed by atoms with van der Waals surface area (Å²) in [4.78, 5) is 19.8. The average Bonchev–Trinajstić information content (AvgIpc) is 2.23. The highest BCUT2D eigenvalue weighted by molar-refractivity contribution is 5.67. The van der Waals surface area contributed by atoms with Crippen molar-refractivity contribution in [3.8, 4) is 0 Å². The van der Waals surface area contributed by atoms with Gasteiger partial charge in [0, 0.05) is 12.8 Å². The number of unbranched alkanes of at least 4 members (excludes halogenated alkanes) is 1. The molecular formula is C12H26O8. The number of aliphatic hydroxyl groups is 4. The second-order valence-corrected chi connectivity index (χ2v) is 3.90. The first-order valence-corrected chi connectivity index (χ1v) is 6.29. The molecule has 0 spiro atoms. The summed E-state index contributed by atoms with van der Waals surface area (Å²) >= 11 is 0. The molecule has 0 atom stereocenters. The molecule has 8 heteroatoms. The summed E-state index contributed by atoms with van der Waals surface area (Å²) in [5.74, 6) is -1.74. The number of aliphatic hydroxyl groups excluding tert-OH is 2. The van der Waals surface area contributed by atoms with Crippen molar-refractivity contribution in [2.24, 2.45) is 0 Å². The molecule has 20 heavy (non-hydrogen) atoms. The second-order valence-electron chi connectivity index (χ2n) is 3.90. The van der Waals surface area contributed by atoms with Crippen molar-refractivity contribution in [1.29, 1.82) is 0 Å². The fourth-order valence-corrected chi connectivity index (χ4v) is 0.811. The molecule has 0 saturated heterocycles. The van der Waals surface area contributed by atoms with Crippen molar-refractivity contribution in [1.82, 2.24) is 0 Å². The number of carbonyl (C=O) groups is 2. The Hall–Kier alpha value is -1.22. The first kappa shape index (κ1) is 23.8. The van der Waals surface area contributed by atoms with Crippen LogP contribution in [0.15, 0.2) is 0 Å². The van der Waals surface area contributed by atoms with Gasteiger partial charge in [0.05, 0.1) is 0 Å². The van der Waals surface area contributed by atoms with Crippen LogP contribution in [0.2, 0.25) is 0 Å². The number of hydrogen-bond acceptors (Lipinski definition) is 6. The predicted molar refractivity (Wildman–Crippen MR) is 70.8 cm³/mol. The Morgan fingerprint density at radius 2 is 1.20 bits per heavy atom. The van der Waals surface area contributed by atoms with E-state index in [0.717, 1.165) is 6.42 Å². The maximum atomic E-state index is 9.90. The van der Waals surface area contributed by atoms with Crippen LogP contribution < -0.4 is 0 Å². The highest BCUT2D eigenvalue weighted by Crippen LogP contribution is 1.98. The molecular weight excluding hydrogens is 272 g/mol. The van der Waals surface area contributed by atoms with E-state index in [4.69, 9.17) is 30.6 Å². The molecule has 0 aromatic rings. The van der Waals surface area contributed by atoms with E-state index in [1.807, 2.05) is 6.92 Å². The molecule has 0 heterocycles. The number of hydrogen-bond donors (Lipinski definition) is 6. The Balaban J connectivity index is -0.000000246. The minimum Gasteiger partial charge on any atom is -0.481 e. The van der Waals surface area contributed by atoms with Crippen LogP contribution in [0.5, 0.6) is 0 Å². The minimum absolute atomic E-state index is 0.0628. The number of carboxylic acid groups (broad SMARTS) is 2. The third kappa shape index (κ3) is 54.2. The van der Waals surface area contributed by atoms with Crippen molar-refractivity contribution in [2.45, 2.75) is 65.0 Å². The van der Waals surface area contributed by atoms with Gasteiger partial charge in [-0.05, 0) is 26.2 Å². The first-order chi connectivity index (χ1) is 9.13. The third-order valence-electron chi connectivity index (χ3n) is 1.58. The first-order valence-electron chi connectivity index (χ1n) is 6.29. The van der Waals surface area contributed by atoms with Gasteiger partial charge in [-0.15, -0.1) is 0 Å². The Bertz CT molecular complexity index is 209. The summed E-state index contributed by atoms with van der Waals surface area (Å²) in [5, 5.41) is 47.7. The molecule has 0 rings (SSSR count). The zero-order valence-electron chi connectivity index (χ0n) is 11.9. The lowest BCUT2D eigenvalue weighted by Gasteiger charge is -1.94. The topological polar surface area (TPSA) is 156 Å². The maximum Gasteiger partial charge on any atom is 0.303 e. The third-order valence-corrected chi connectivity index (χ3v) is 1.58. The Kier molecular flexibility index (Phi) is 21.2. The van der Waals surface area contributed by atoms with Crippen LogP contribution in [0.25, 0.3) is 0 Å². The van der Waals surface area contributed by atoms with Gasteiger partial charge in [-0.2, -0.15) is 0 Å². The lowest BCUT2D eigenvalue weighted by atomic mass is 10.2. The standard InChI is InChI=1S/C6H10O4.C4H10O2.C2H6O2/c7-5(8)3-1-2-4-6(9)10;1-2-3-4(5)6;1-2(3)4/h1-4H2,(H,7,8)(H,9,10);4-6H,2-3H2,1H3;2-4H,1H3. The molecule has 0 amide bonds. The van der Waals surface area contributed by atoms with Gasteiger partial charge in [-0.25, -0.2) is 0 Å². The molecule has 0 aliphatic rings. The number of carboxylic acids is 2. The van der Waals surface area contributed by atoms with Gasteiger partial charge in [0.15, 0.2) is 6.29 Å². The molecule has 0 aromatic heterocycles. The largest absolute Gasteiger partial charge is 0.481 e. The number of rotatable bonds is 7. The summed E-state index contributed by atoms with van der Waals surface area (Å²) in [6.07, 6.45) is 0.0663. The van der Waals surface area contributed by atoms with Gasteiger partial charge >= 0.3 is 11.9 Å². The lowest BCUT2D eigenvalue weighted by molar-refractivity contribution is -0.139. The molecule has 0 saturated carbocycles. The molecule has 0 bridgehead atoms. The van der Waals surface area contributed by atoms with Gasteiger partial charge in [-0.1, -0.05) is 13.3 Å². The summed E-state index contributed by atoms with van der Waals surface area (Å²) in [6.45, 7) is 3.18. The van der Waals surface area contributed by atoms with Gasteiger partial charge in [0.1, 0.15) is 6.29 Å². The van der Waals surface area contributed by atoms with Crippen LogP contribution in [0.3, 0.4) is 0 Å². The smallest absolute Gasteiger partial charge is 0.303 e. The van der Waals surface area contributed by atoms with E-state index in [9.17, 15) is 9.59 Å². The van der Waals surface area contributed by atoms with Gasteiger partial charge in [-0.3, -0.25) is 9.59 Å². The van der Waals surface area contributed by atoms with E-state index in [1.54, 1.807) is 0 Å². The van der Waals surface area contributed by atoms with Crippen LogP contribution in [0.1, 0.15) is 52.4 Å². The van der Waals surface area contributed by atoms with E-state index >= 15 is 0 Å². The molecule has 0 aliphatic heterocycles. The minimum atomic E-state index is -1.17. The van der Waals surface area contributed by atoms with Gasteiger partial charge in [0.2, 0.25) is 0 Å². The fourth-order valence-electron chi connectivity index (χ4n) is 0.811. The maximum absolute atomic E-state index is 9.90.